The third kappa shape index (κ3) is 4.51. The highest BCUT2D eigenvalue weighted by molar-refractivity contribution is 7.99. The van der Waals surface area contributed by atoms with Gasteiger partial charge in [0.2, 0.25) is 12.7 Å². The van der Waals surface area contributed by atoms with E-state index in [2.05, 4.69) is 38.8 Å². The number of carbonyl (C=O) groups excluding carboxylic acids is 1. The van der Waals surface area contributed by atoms with Crippen molar-refractivity contribution in [3.05, 3.63) is 24.0 Å². The van der Waals surface area contributed by atoms with Crippen LogP contribution in [0, 0.1) is 0 Å². The molecule has 1 aromatic heterocycles. The van der Waals surface area contributed by atoms with E-state index in [4.69, 9.17) is 9.47 Å². The van der Waals surface area contributed by atoms with Crippen molar-refractivity contribution in [1.82, 2.24) is 19.7 Å². The number of thioether (sulfide) groups is 1. The second-order valence-electron chi connectivity index (χ2n) is 7.21. The highest BCUT2D eigenvalue weighted by Crippen LogP contribution is 2.34. The Morgan fingerprint density at radius 1 is 1.28 bits per heavy atom. The van der Waals surface area contributed by atoms with E-state index in [1.807, 2.05) is 12.1 Å². The molecule has 8 nitrogen and oxygen atoms in total. The van der Waals surface area contributed by atoms with Crippen LogP contribution in [-0.2, 0) is 11.3 Å². The molecule has 4 rings (SSSR count). The molecule has 1 saturated heterocycles. The van der Waals surface area contributed by atoms with Crippen LogP contribution in [0.15, 0.2) is 23.4 Å². The van der Waals surface area contributed by atoms with Gasteiger partial charge in [-0.2, -0.15) is 0 Å². The largest absolute Gasteiger partial charge is 0.454 e. The Bertz CT molecular complexity index is 872. The van der Waals surface area contributed by atoms with Crippen LogP contribution >= 0.6 is 11.8 Å². The lowest BCUT2D eigenvalue weighted by molar-refractivity contribution is -0.117. The van der Waals surface area contributed by atoms with Gasteiger partial charge in [0.25, 0.3) is 0 Å². The van der Waals surface area contributed by atoms with Crippen LogP contribution in [0.1, 0.15) is 38.4 Å². The van der Waals surface area contributed by atoms with Gasteiger partial charge < -0.3 is 19.4 Å². The monoisotopic (exact) mass is 417 g/mol. The molecule has 0 aliphatic carbocycles. The maximum atomic E-state index is 12.6. The summed E-state index contributed by atoms with van der Waals surface area (Å²) >= 11 is 1.72. The van der Waals surface area contributed by atoms with E-state index in [1.54, 1.807) is 17.8 Å². The Morgan fingerprint density at radius 3 is 2.97 bits per heavy atom. The van der Waals surface area contributed by atoms with Crippen molar-refractivity contribution in [2.45, 2.75) is 44.3 Å². The molecule has 2 aliphatic heterocycles. The molecule has 2 aromatic rings. The number of likely N-dealkylation sites (tertiary alicyclic amines) is 1. The molecule has 1 aromatic carbocycles. The minimum absolute atomic E-state index is 0.0244. The van der Waals surface area contributed by atoms with Gasteiger partial charge in [0.15, 0.2) is 16.7 Å². The molecule has 1 fully saturated rings. The Morgan fingerprint density at radius 2 is 2.14 bits per heavy atom. The first kappa shape index (κ1) is 20.0. The lowest BCUT2D eigenvalue weighted by atomic mass is 9.97. The van der Waals surface area contributed by atoms with Crippen LogP contribution in [0.5, 0.6) is 11.5 Å². The van der Waals surface area contributed by atoms with Gasteiger partial charge in [-0.1, -0.05) is 18.7 Å². The van der Waals surface area contributed by atoms with Crippen molar-refractivity contribution < 1.29 is 14.3 Å². The molecule has 3 heterocycles. The van der Waals surface area contributed by atoms with Gasteiger partial charge in [-0.3, -0.25) is 9.69 Å². The average Bonchev–Trinajstić information content (AvgIpc) is 3.34. The molecule has 0 bridgehead atoms. The lowest BCUT2D eigenvalue weighted by Crippen LogP contribution is -2.40. The summed E-state index contributed by atoms with van der Waals surface area (Å²) in [7, 11) is 0. The Balaban J connectivity index is 1.37. The molecule has 2 aliphatic rings. The Kier molecular flexibility index (Phi) is 6.25. The summed E-state index contributed by atoms with van der Waals surface area (Å²) in [5.74, 6) is 3.69. The number of anilines is 1. The van der Waals surface area contributed by atoms with Crippen molar-refractivity contribution in [3.63, 3.8) is 0 Å². The quantitative estimate of drug-likeness (QED) is 0.694. The number of amides is 1. The fourth-order valence-electron chi connectivity index (χ4n) is 3.92. The fourth-order valence-corrected chi connectivity index (χ4v) is 4.66. The highest BCUT2D eigenvalue weighted by Gasteiger charge is 2.27. The first-order chi connectivity index (χ1) is 14.2. The number of fused-ring (bicyclic) bond motifs is 1. The number of piperidine rings is 1. The molecule has 9 heteroatoms. The van der Waals surface area contributed by atoms with Crippen molar-refractivity contribution >= 4 is 23.4 Å². The average molecular weight is 418 g/mol. The van der Waals surface area contributed by atoms with Crippen LogP contribution in [0.3, 0.4) is 0 Å². The van der Waals surface area contributed by atoms with Gasteiger partial charge in [-0.25, -0.2) is 0 Å². The van der Waals surface area contributed by atoms with Gasteiger partial charge in [-0.15, -0.1) is 10.2 Å². The second kappa shape index (κ2) is 9.04. The number of nitrogens with zero attached hydrogens (tertiary/aromatic N) is 4. The van der Waals surface area contributed by atoms with Crippen LogP contribution in [0.2, 0.25) is 0 Å². The van der Waals surface area contributed by atoms with E-state index in [0.29, 0.717) is 24.0 Å². The van der Waals surface area contributed by atoms with Crippen molar-refractivity contribution in [2.75, 3.05) is 37.5 Å². The van der Waals surface area contributed by atoms with E-state index < -0.39 is 0 Å². The topological polar surface area (TPSA) is 81.5 Å². The van der Waals surface area contributed by atoms with Crippen LogP contribution in [-0.4, -0.2) is 57.8 Å². The molecule has 1 atom stereocenters. The Hall–Kier alpha value is -2.26. The van der Waals surface area contributed by atoms with Gasteiger partial charge >= 0.3 is 0 Å². The summed E-state index contributed by atoms with van der Waals surface area (Å²) in [5, 5.41) is 12.8. The maximum Gasteiger partial charge on any atom is 0.238 e. The number of hydrogen-bond donors (Lipinski definition) is 1. The lowest BCUT2D eigenvalue weighted by Gasteiger charge is -2.31. The summed E-state index contributed by atoms with van der Waals surface area (Å²) in [4.78, 5) is 14.8. The zero-order chi connectivity index (χ0) is 20.2. The summed E-state index contributed by atoms with van der Waals surface area (Å²) in [6.45, 7) is 7.45. The van der Waals surface area contributed by atoms with E-state index in [1.165, 1.54) is 0 Å². The predicted molar refractivity (Wildman–Crippen MR) is 112 cm³/mol. The van der Waals surface area contributed by atoms with Gasteiger partial charge in [0, 0.05) is 30.8 Å². The molecule has 29 heavy (non-hydrogen) atoms. The molecule has 0 saturated carbocycles. The molecule has 1 amide bonds. The number of aromatic nitrogens is 3. The molecule has 156 valence electrons. The van der Waals surface area contributed by atoms with E-state index >= 15 is 0 Å². The van der Waals surface area contributed by atoms with Crippen molar-refractivity contribution in [3.8, 4) is 11.5 Å². The number of rotatable bonds is 7. The predicted octanol–water partition coefficient (Wildman–Crippen LogP) is 2.96. The number of hydrogen-bond acceptors (Lipinski definition) is 7. The molecule has 0 spiro atoms. The van der Waals surface area contributed by atoms with E-state index in [9.17, 15) is 4.79 Å². The van der Waals surface area contributed by atoms with Gasteiger partial charge in [0.05, 0.1) is 6.54 Å². The summed E-state index contributed by atoms with van der Waals surface area (Å²) < 4.78 is 12.9. The van der Waals surface area contributed by atoms with Crippen molar-refractivity contribution in [2.24, 2.45) is 0 Å². The third-order valence-corrected chi connectivity index (χ3v) is 6.08. The molecule has 0 unspecified atom stereocenters. The zero-order valence-electron chi connectivity index (χ0n) is 16.9. The molecular formula is C20H27N5O3S. The fraction of sp³-hybridized carbons (Fsp3) is 0.550. The standard InChI is InChI=1S/C20H27N5O3S/c1-3-25-19(22-23-20(25)29-4-2)14-6-5-9-24(11-14)12-18(26)21-15-7-8-16-17(10-15)28-13-27-16/h7-8,10,14H,3-6,9,11-13H2,1-2H3,(H,21,26)/t14-/m0/s1. The normalized spacial score (nSPS) is 18.8. The number of carbonyl (C=O) groups is 1. The first-order valence-electron chi connectivity index (χ1n) is 10.2. The third-order valence-electron chi connectivity index (χ3n) is 5.23. The summed E-state index contributed by atoms with van der Waals surface area (Å²) in [6, 6.07) is 5.45. The summed E-state index contributed by atoms with van der Waals surface area (Å²) in [6.07, 6.45) is 2.13. The number of nitrogens with one attached hydrogen (secondary N) is 1. The van der Waals surface area contributed by atoms with Crippen LogP contribution in [0.4, 0.5) is 5.69 Å². The Labute approximate surface area is 175 Å². The molecule has 1 N–H and O–H groups in total. The smallest absolute Gasteiger partial charge is 0.238 e. The molecule has 0 radical (unpaired) electrons. The number of ether oxygens (including phenoxy) is 2. The zero-order valence-corrected chi connectivity index (χ0v) is 17.7. The molecular weight excluding hydrogens is 390 g/mol. The maximum absolute atomic E-state index is 12.6. The first-order valence-corrected chi connectivity index (χ1v) is 11.1. The van der Waals surface area contributed by atoms with E-state index in [-0.39, 0.29) is 12.7 Å². The van der Waals surface area contributed by atoms with Crippen LogP contribution in [0.25, 0.3) is 0 Å². The van der Waals surface area contributed by atoms with Crippen molar-refractivity contribution in [1.29, 1.82) is 0 Å². The second-order valence-corrected chi connectivity index (χ2v) is 8.44. The highest BCUT2D eigenvalue weighted by atomic mass is 32.2. The SMILES string of the molecule is CCSc1nnc([C@H]2CCCN(CC(=O)Nc3ccc4c(c3)OCO4)C2)n1CC. The number of benzene rings is 1. The van der Waals surface area contributed by atoms with Crippen LogP contribution < -0.4 is 14.8 Å². The van der Waals surface area contributed by atoms with Gasteiger partial charge in [0.1, 0.15) is 5.82 Å². The minimum Gasteiger partial charge on any atom is -0.454 e. The summed E-state index contributed by atoms with van der Waals surface area (Å²) in [5.41, 5.74) is 0.722. The van der Waals surface area contributed by atoms with E-state index in [0.717, 1.165) is 54.9 Å². The minimum atomic E-state index is -0.0244. The van der Waals surface area contributed by atoms with Gasteiger partial charge in [-0.05, 0) is 44.2 Å².